The number of carbonyl (C=O) groups is 2. The van der Waals surface area contributed by atoms with E-state index in [1.54, 1.807) is 24.3 Å². The van der Waals surface area contributed by atoms with E-state index in [0.29, 0.717) is 10.9 Å². The predicted molar refractivity (Wildman–Crippen MR) is 83.2 cm³/mol. The Bertz CT molecular complexity index is 947. The van der Waals surface area contributed by atoms with Crippen molar-refractivity contribution in [1.82, 2.24) is 15.2 Å². The van der Waals surface area contributed by atoms with Crippen molar-refractivity contribution in [2.75, 3.05) is 0 Å². The Labute approximate surface area is 139 Å². The lowest BCUT2D eigenvalue weighted by molar-refractivity contribution is -0.138. The first-order valence-electron chi connectivity index (χ1n) is 7.39. The fourth-order valence-electron chi connectivity index (χ4n) is 2.50. The number of hydrogen-bond donors (Lipinski definition) is 1. The molecule has 0 amide bonds. The van der Waals surface area contributed by atoms with E-state index < -0.39 is 29.0 Å². The summed E-state index contributed by atoms with van der Waals surface area (Å²) in [5.74, 6) is -1.25. The minimum atomic E-state index is -4.68. The fourth-order valence-corrected chi connectivity index (χ4v) is 2.50. The molecule has 8 heteroatoms. The summed E-state index contributed by atoms with van der Waals surface area (Å²) < 4.78 is 38.8. The van der Waals surface area contributed by atoms with Gasteiger partial charge in [0.1, 0.15) is 11.4 Å². The first-order valence-corrected chi connectivity index (χ1v) is 7.39. The van der Waals surface area contributed by atoms with Gasteiger partial charge in [-0.05, 0) is 18.2 Å². The van der Waals surface area contributed by atoms with Crippen molar-refractivity contribution in [2.45, 2.75) is 19.0 Å². The number of carbonyl (C=O) groups excluding carboxylic acids is 2. The summed E-state index contributed by atoms with van der Waals surface area (Å²) >= 11 is 0. The highest BCUT2D eigenvalue weighted by molar-refractivity contribution is 6.07. The van der Waals surface area contributed by atoms with E-state index in [9.17, 15) is 22.8 Å². The first-order chi connectivity index (χ1) is 11.9. The number of fused-ring (bicyclic) bond motifs is 1. The van der Waals surface area contributed by atoms with Gasteiger partial charge >= 0.3 is 6.18 Å². The number of Topliss-reactive ketones (excluding diaryl/α,β-unsaturated/α-hetero) is 2. The molecule has 0 fully saturated rings. The number of rotatable bonds is 5. The number of para-hydroxylation sites is 1. The smallest absolute Gasteiger partial charge is 0.292 e. The number of nitrogens with zero attached hydrogens (tertiary/aromatic N) is 2. The molecule has 0 aliphatic rings. The second-order valence-corrected chi connectivity index (χ2v) is 5.36. The van der Waals surface area contributed by atoms with Crippen LogP contribution in [0.15, 0.2) is 42.6 Å². The third-order valence-corrected chi connectivity index (χ3v) is 3.69. The van der Waals surface area contributed by atoms with Gasteiger partial charge in [-0.2, -0.15) is 18.3 Å². The number of aromatic nitrogens is 3. The molecule has 0 aliphatic carbocycles. The zero-order valence-electron chi connectivity index (χ0n) is 12.8. The second-order valence-electron chi connectivity index (χ2n) is 5.36. The van der Waals surface area contributed by atoms with Crippen LogP contribution in [0.3, 0.4) is 0 Å². The molecule has 2 heterocycles. The summed E-state index contributed by atoms with van der Waals surface area (Å²) in [5, 5.41) is 7.23. The molecule has 0 bridgehead atoms. The van der Waals surface area contributed by atoms with Crippen LogP contribution in [0.5, 0.6) is 0 Å². The SMILES string of the molecule is O=C(CCC(=O)c1n[nH]c2ccccc12)c1ncccc1C(F)(F)F. The quantitative estimate of drug-likeness (QED) is 0.712. The summed E-state index contributed by atoms with van der Waals surface area (Å²) in [6, 6.07) is 8.87. The monoisotopic (exact) mass is 347 g/mol. The number of pyridine rings is 1. The maximum absolute atomic E-state index is 12.9. The Balaban J connectivity index is 1.76. The van der Waals surface area contributed by atoms with Gasteiger partial charge in [0, 0.05) is 24.4 Å². The standard InChI is InChI=1S/C17H12F3N3O2/c18-17(19,20)11-5-3-9-21-16(11)14(25)8-7-13(24)15-10-4-1-2-6-12(10)22-23-15/h1-6,9H,7-8H2,(H,22,23). The van der Waals surface area contributed by atoms with Crippen LogP contribution in [0.1, 0.15) is 39.4 Å². The molecule has 0 spiro atoms. The van der Waals surface area contributed by atoms with Gasteiger partial charge in [-0.3, -0.25) is 19.7 Å². The minimum absolute atomic E-state index is 0.167. The second kappa shape index (κ2) is 6.46. The Morgan fingerprint density at radius 2 is 1.64 bits per heavy atom. The molecular formula is C17H12F3N3O2. The van der Waals surface area contributed by atoms with Crippen LogP contribution in [0.4, 0.5) is 13.2 Å². The highest BCUT2D eigenvalue weighted by Crippen LogP contribution is 2.31. The summed E-state index contributed by atoms with van der Waals surface area (Å²) in [4.78, 5) is 27.9. The van der Waals surface area contributed by atoms with E-state index in [0.717, 1.165) is 18.3 Å². The van der Waals surface area contributed by atoms with Crippen LogP contribution in [0.25, 0.3) is 10.9 Å². The van der Waals surface area contributed by atoms with Gasteiger partial charge in [0.15, 0.2) is 11.6 Å². The van der Waals surface area contributed by atoms with E-state index in [2.05, 4.69) is 15.2 Å². The summed E-state index contributed by atoms with van der Waals surface area (Å²) in [5.41, 5.74) is -0.936. The van der Waals surface area contributed by atoms with Gasteiger partial charge in [0.25, 0.3) is 0 Å². The van der Waals surface area contributed by atoms with Gasteiger partial charge in [-0.25, -0.2) is 0 Å². The number of ketones is 2. The Kier molecular flexibility index (Phi) is 4.35. The lowest BCUT2D eigenvalue weighted by Crippen LogP contribution is -2.15. The molecule has 0 saturated carbocycles. The Hall–Kier alpha value is -3.03. The highest BCUT2D eigenvalue weighted by Gasteiger charge is 2.35. The van der Waals surface area contributed by atoms with E-state index in [1.807, 2.05) is 0 Å². The maximum atomic E-state index is 12.9. The number of benzene rings is 1. The molecule has 128 valence electrons. The van der Waals surface area contributed by atoms with Crippen molar-refractivity contribution in [3.63, 3.8) is 0 Å². The van der Waals surface area contributed by atoms with E-state index >= 15 is 0 Å². The summed E-state index contributed by atoms with van der Waals surface area (Å²) in [6.45, 7) is 0. The lowest BCUT2D eigenvalue weighted by Gasteiger charge is -2.10. The predicted octanol–water partition coefficient (Wildman–Crippen LogP) is 3.82. The number of hydrogen-bond acceptors (Lipinski definition) is 4. The van der Waals surface area contributed by atoms with Crippen LogP contribution in [-0.2, 0) is 6.18 Å². The third kappa shape index (κ3) is 3.42. The normalized spacial score (nSPS) is 11.6. The van der Waals surface area contributed by atoms with E-state index in [-0.39, 0.29) is 18.5 Å². The van der Waals surface area contributed by atoms with Crippen LogP contribution in [-0.4, -0.2) is 26.7 Å². The first kappa shape index (κ1) is 16.8. The molecule has 0 radical (unpaired) electrons. The van der Waals surface area contributed by atoms with Crippen LogP contribution < -0.4 is 0 Å². The summed E-state index contributed by atoms with van der Waals surface area (Å²) in [6.07, 6.45) is -4.19. The lowest BCUT2D eigenvalue weighted by atomic mass is 10.0. The molecule has 3 aromatic rings. The third-order valence-electron chi connectivity index (χ3n) is 3.69. The highest BCUT2D eigenvalue weighted by atomic mass is 19.4. The van der Waals surface area contributed by atoms with Crippen molar-refractivity contribution in [3.8, 4) is 0 Å². The fraction of sp³-hybridized carbons (Fsp3) is 0.176. The van der Waals surface area contributed by atoms with Crippen molar-refractivity contribution in [2.24, 2.45) is 0 Å². The molecule has 1 aromatic carbocycles. The van der Waals surface area contributed by atoms with Crippen LogP contribution >= 0.6 is 0 Å². The Morgan fingerprint density at radius 3 is 2.36 bits per heavy atom. The molecule has 0 unspecified atom stereocenters. The van der Waals surface area contributed by atoms with Crippen LogP contribution in [0, 0.1) is 0 Å². The maximum Gasteiger partial charge on any atom is 0.418 e. The van der Waals surface area contributed by atoms with Gasteiger partial charge < -0.3 is 0 Å². The minimum Gasteiger partial charge on any atom is -0.292 e. The molecule has 1 N–H and O–H groups in total. The molecular weight excluding hydrogens is 335 g/mol. The van der Waals surface area contributed by atoms with Crippen molar-refractivity contribution >= 4 is 22.5 Å². The summed E-state index contributed by atoms with van der Waals surface area (Å²) in [7, 11) is 0. The zero-order chi connectivity index (χ0) is 18.0. The molecule has 25 heavy (non-hydrogen) atoms. The van der Waals surface area contributed by atoms with Crippen molar-refractivity contribution in [1.29, 1.82) is 0 Å². The van der Waals surface area contributed by atoms with Crippen LogP contribution in [0.2, 0.25) is 0 Å². The number of aromatic amines is 1. The molecule has 3 rings (SSSR count). The van der Waals surface area contributed by atoms with Gasteiger partial charge in [-0.1, -0.05) is 18.2 Å². The average Bonchev–Trinajstić information content (AvgIpc) is 3.03. The molecule has 0 aliphatic heterocycles. The molecule has 5 nitrogen and oxygen atoms in total. The van der Waals surface area contributed by atoms with Crippen molar-refractivity contribution < 1.29 is 22.8 Å². The Morgan fingerprint density at radius 1 is 0.960 bits per heavy atom. The van der Waals surface area contributed by atoms with E-state index in [4.69, 9.17) is 0 Å². The molecule has 0 atom stereocenters. The largest absolute Gasteiger partial charge is 0.418 e. The number of H-pyrrole nitrogens is 1. The molecule has 2 aromatic heterocycles. The van der Waals surface area contributed by atoms with Gasteiger partial charge in [0.05, 0.1) is 11.1 Å². The zero-order valence-corrected chi connectivity index (χ0v) is 12.8. The number of nitrogens with one attached hydrogen (secondary N) is 1. The molecule has 0 saturated heterocycles. The van der Waals surface area contributed by atoms with Gasteiger partial charge in [-0.15, -0.1) is 0 Å². The average molecular weight is 347 g/mol. The number of halogens is 3. The topological polar surface area (TPSA) is 75.7 Å². The van der Waals surface area contributed by atoms with Gasteiger partial charge in [0.2, 0.25) is 0 Å². The number of alkyl halides is 3. The van der Waals surface area contributed by atoms with Crippen molar-refractivity contribution in [3.05, 3.63) is 59.5 Å². The van der Waals surface area contributed by atoms with E-state index in [1.165, 1.54) is 0 Å².